The van der Waals surface area contributed by atoms with Gasteiger partial charge in [-0.2, -0.15) is 5.10 Å². The van der Waals surface area contributed by atoms with Gasteiger partial charge in [0.15, 0.2) is 18.2 Å². The molecule has 154 valence electrons. The number of nitrogens with one attached hydrogen (secondary N) is 1. The van der Waals surface area contributed by atoms with E-state index >= 15 is 0 Å². The largest absolute Gasteiger partial charge is 0.489 e. The maximum Gasteiger partial charge on any atom is 0.277 e. The molecule has 0 aliphatic carbocycles. The lowest BCUT2D eigenvalue weighted by Crippen LogP contribution is -2.25. The average molecular weight is 410 g/mol. The Morgan fingerprint density at radius 3 is 2.40 bits per heavy atom. The fourth-order valence-corrected chi connectivity index (χ4v) is 2.51. The topological polar surface area (TPSA) is 59.9 Å². The van der Waals surface area contributed by atoms with E-state index < -0.39 is 24.1 Å². The van der Waals surface area contributed by atoms with Crippen LogP contribution in [-0.2, 0) is 11.4 Å². The van der Waals surface area contributed by atoms with Gasteiger partial charge < -0.3 is 9.47 Å². The Labute approximate surface area is 173 Å². The van der Waals surface area contributed by atoms with E-state index in [0.29, 0.717) is 24.1 Å². The maximum absolute atomic E-state index is 13.5. The molecule has 0 aromatic heterocycles. The molecule has 0 atom stereocenters. The quantitative estimate of drug-likeness (QED) is 0.441. The van der Waals surface area contributed by atoms with Crippen LogP contribution >= 0.6 is 0 Å². The number of amides is 1. The van der Waals surface area contributed by atoms with Crippen molar-refractivity contribution in [3.05, 3.63) is 95.6 Å². The van der Waals surface area contributed by atoms with Crippen LogP contribution in [0.3, 0.4) is 0 Å². The number of rotatable bonds is 8. The molecule has 1 amide bonds. The van der Waals surface area contributed by atoms with Gasteiger partial charge in [-0.05, 0) is 54.4 Å². The summed E-state index contributed by atoms with van der Waals surface area (Å²) in [5, 5.41) is 4.01. The van der Waals surface area contributed by atoms with Gasteiger partial charge in [0.05, 0.1) is 5.71 Å². The third-order valence-electron chi connectivity index (χ3n) is 4.12. The van der Waals surface area contributed by atoms with Gasteiger partial charge in [-0.3, -0.25) is 4.79 Å². The summed E-state index contributed by atoms with van der Waals surface area (Å²) in [6.45, 7) is 1.75. The minimum Gasteiger partial charge on any atom is -0.489 e. The summed E-state index contributed by atoms with van der Waals surface area (Å²) in [6.07, 6.45) is 0. The van der Waals surface area contributed by atoms with Crippen molar-refractivity contribution in [2.24, 2.45) is 5.10 Å². The van der Waals surface area contributed by atoms with Crippen LogP contribution in [0.1, 0.15) is 18.1 Å². The number of hydrazone groups is 1. The lowest BCUT2D eigenvalue weighted by atomic mass is 10.1. The number of hydrogen-bond acceptors (Lipinski definition) is 4. The number of benzene rings is 3. The molecule has 0 bridgehead atoms. The number of nitrogens with zero attached hydrogens (tertiary/aromatic N) is 1. The summed E-state index contributed by atoms with van der Waals surface area (Å²) < 4.78 is 37.1. The van der Waals surface area contributed by atoms with Crippen LogP contribution in [-0.4, -0.2) is 18.2 Å². The van der Waals surface area contributed by atoms with Crippen LogP contribution in [0.15, 0.2) is 77.9 Å². The molecule has 0 aliphatic heterocycles. The van der Waals surface area contributed by atoms with Crippen LogP contribution in [0.2, 0.25) is 0 Å². The predicted molar refractivity (Wildman–Crippen MR) is 109 cm³/mol. The molecule has 0 spiro atoms. The molecule has 7 heteroatoms. The van der Waals surface area contributed by atoms with E-state index in [1.54, 1.807) is 6.92 Å². The highest BCUT2D eigenvalue weighted by Gasteiger charge is 2.08. The Kier molecular flexibility index (Phi) is 7.10. The Hall–Kier alpha value is -3.74. The van der Waals surface area contributed by atoms with E-state index in [1.807, 2.05) is 54.6 Å². The van der Waals surface area contributed by atoms with Gasteiger partial charge in [0, 0.05) is 6.07 Å². The van der Waals surface area contributed by atoms with Gasteiger partial charge in [-0.1, -0.05) is 30.3 Å². The van der Waals surface area contributed by atoms with Gasteiger partial charge in [-0.15, -0.1) is 0 Å². The summed E-state index contributed by atoms with van der Waals surface area (Å²) in [4.78, 5) is 11.8. The zero-order valence-electron chi connectivity index (χ0n) is 16.3. The first-order valence-corrected chi connectivity index (χ1v) is 9.19. The summed E-state index contributed by atoms with van der Waals surface area (Å²) in [5.74, 6) is -1.66. The molecule has 0 radical (unpaired) electrons. The normalized spacial score (nSPS) is 11.1. The maximum atomic E-state index is 13.5. The highest BCUT2D eigenvalue weighted by molar-refractivity contribution is 5.99. The minimum absolute atomic E-state index is 0.210. The van der Waals surface area contributed by atoms with E-state index in [0.717, 1.165) is 23.3 Å². The summed E-state index contributed by atoms with van der Waals surface area (Å²) in [6, 6.07) is 20.0. The number of halogens is 2. The molecular formula is C23H20F2N2O3. The molecular weight excluding hydrogens is 390 g/mol. The zero-order chi connectivity index (χ0) is 21.3. The van der Waals surface area contributed by atoms with Crippen molar-refractivity contribution in [3.8, 4) is 11.5 Å². The fourth-order valence-electron chi connectivity index (χ4n) is 2.51. The van der Waals surface area contributed by atoms with Gasteiger partial charge in [0.1, 0.15) is 18.2 Å². The highest BCUT2D eigenvalue weighted by Crippen LogP contribution is 2.17. The summed E-state index contributed by atoms with van der Waals surface area (Å²) in [5.41, 5.74) is 4.79. The first kappa shape index (κ1) is 21.0. The fraction of sp³-hybridized carbons (Fsp3) is 0.130. The molecule has 5 nitrogen and oxygen atoms in total. The number of ether oxygens (including phenoxy) is 2. The Bertz CT molecular complexity index is 1020. The monoisotopic (exact) mass is 410 g/mol. The molecule has 0 aliphatic rings. The van der Waals surface area contributed by atoms with Gasteiger partial charge >= 0.3 is 0 Å². The molecule has 1 N–H and O–H groups in total. The van der Waals surface area contributed by atoms with Crippen molar-refractivity contribution in [2.75, 3.05) is 6.61 Å². The molecule has 30 heavy (non-hydrogen) atoms. The first-order chi connectivity index (χ1) is 14.5. The van der Waals surface area contributed by atoms with Crippen molar-refractivity contribution in [1.29, 1.82) is 0 Å². The lowest BCUT2D eigenvalue weighted by Gasteiger charge is -2.08. The van der Waals surface area contributed by atoms with Crippen molar-refractivity contribution in [3.63, 3.8) is 0 Å². The number of carbonyl (C=O) groups is 1. The standard InChI is InChI=1S/C23H20F2N2O3/c1-16(26-27-23(28)15-30-22-12-9-19(24)13-21(22)25)18-7-10-20(11-8-18)29-14-17-5-3-2-4-6-17/h2-13H,14-15H2,1H3,(H,27,28). The average Bonchev–Trinajstić information content (AvgIpc) is 2.76. The van der Waals surface area contributed by atoms with Crippen LogP contribution in [0, 0.1) is 11.6 Å². The van der Waals surface area contributed by atoms with Crippen LogP contribution in [0.5, 0.6) is 11.5 Å². The van der Waals surface area contributed by atoms with E-state index in [4.69, 9.17) is 9.47 Å². The Balaban J connectivity index is 1.49. The van der Waals surface area contributed by atoms with Gasteiger partial charge in [0.2, 0.25) is 0 Å². The van der Waals surface area contributed by atoms with Crippen molar-refractivity contribution in [2.45, 2.75) is 13.5 Å². The molecule has 3 rings (SSSR count). The summed E-state index contributed by atoms with van der Waals surface area (Å²) in [7, 11) is 0. The SMILES string of the molecule is CC(=NNC(=O)COc1ccc(F)cc1F)c1ccc(OCc2ccccc2)cc1. The zero-order valence-corrected chi connectivity index (χ0v) is 16.3. The second kappa shape index (κ2) is 10.2. The van der Waals surface area contributed by atoms with E-state index in [1.165, 1.54) is 0 Å². The number of carbonyl (C=O) groups excluding carboxylic acids is 1. The highest BCUT2D eigenvalue weighted by atomic mass is 19.1. The molecule has 0 saturated carbocycles. The second-order valence-corrected chi connectivity index (χ2v) is 6.39. The Morgan fingerprint density at radius 2 is 1.70 bits per heavy atom. The molecule has 0 fully saturated rings. The number of hydrogen-bond donors (Lipinski definition) is 1. The molecule has 0 saturated heterocycles. The molecule has 0 heterocycles. The van der Waals surface area contributed by atoms with Crippen LogP contribution < -0.4 is 14.9 Å². The van der Waals surface area contributed by atoms with Crippen LogP contribution in [0.4, 0.5) is 8.78 Å². The van der Waals surface area contributed by atoms with Crippen molar-refractivity contribution < 1.29 is 23.0 Å². The van der Waals surface area contributed by atoms with E-state index in [2.05, 4.69) is 10.5 Å². The third kappa shape index (κ3) is 6.13. The first-order valence-electron chi connectivity index (χ1n) is 9.19. The van der Waals surface area contributed by atoms with Crippen molar-refractivity contribution in [1.82, 2.24) is 5.43 Å². The predicted octanol–water partition coefficient (Wildman–Crippen LogP) is 4.46. The van der Waals surface area contributed by atoms with Gasteiger partial charge in [-0.25, -0.2) is 14.2 Å². The smallest absolute Gasteiger partial charge is 0.277 e. The third-order valence-corrected chi connectivity index (χ3v) is 4.12. The second-order valence-electron chi connectivity index (χ2n) is 6.39. The minimum atomic E-state index is -0.878. The van der Waals surface area contributed by atoms with E-state index in [-0.39, 0.29) is 5.75 Å². The molecule has 0 unspecified atom stereocenters. The molecule has 3 aromatic carbocycles. The molecule has 3 aromatic rings. The van der Waals surface area contributed by atoms with Crippen molar-refractivity contribution >= 4 is 11.6 Å². The van der Waals surface area contributed by atoms with Gasteiger partial charge in [0.25, 0.3) is 5.91 Å². The van der Waals surface area contributed by atoms with Crippen LogP contribution in [0.25, 0.3) is 0 Å². The lowest BCUT2D eigenvalue weighted by molar-refractivity contribution is -0.123. The summed E-state index contributed by atoms with van der Waals surface area (Å²) >= 11 is 0. The Morgan fingerprint density at radius 1 is 0.967 bits per heavy atom. The van der Waals surface area contributed by atoms with E-state index in [9.17, 15) is 13.6 Å².